The molecule has 1 heterocycles. The van der Waals surface area contributed by atoms with Gasteiger partial charge in [-0.3, -0.25) is 9.89 Å². The minimum atomic E-state index is -0.235. The van der Waals surface area contributed by atoms with Gasteiger partial charge < -0.3 is 10.4 Å². The summed E-state index contributed by atoms with van der Waals surface area (Å²) in [6, 6.07) is 15.1. The van der Waals surface area contributed by atoms with Crippen LogP contribution in [-0.4, -0.2) is 21.2 Å². The van der Waals surface area contributed by atoms with Gasteiger partial charge in [0, 0.05) is 12.1 Å². The molecule has 0 saturated heterocycles. The molecule has 0 unspecified atom stereocenters. The summed E-state index contributed by atoms with van der Waals surface area (Å²) in [6.07, 6.45) is 0. The maximum absolute atomic E-state index is 12.2. The highest BCUT2D eigenvalue weighted by molar-refractivity contribution is 5.93. The Labute approximate surface area is 140 Å². The van der Waals surface area contributed by atoms with Gasteiger partial charge in [0.25, 0.3) is 5.91 Å². The van der Waals surface area contributed by atoms with Crippen molar-refractivity contribution in [1.29, 1.82) is 0 Å². The molecule has 2 aromatic carbocycles. The van der Waals surface area contributed by atoms with Crippen molar-refractivity contribution >= 4 is 5.91 Å². The maximum atomic E-state index is 12.2. The number of hydrogen-bond donors (Lipinski definition) is 3. The van der Waals surface area contributed by atoms with Crippen molar-refractivity contribution in [3.05, 3.63) is 70.9 Å². The second-order valence-corrected chi connectivity index (χ2v) is 5.81. The minimum Gasteiger partial charge on any atom is -0.507 e. The summed E-state index contributed by atoms with van der Waals surface area (Å²) in [5.74, 6) is -0.0511. The van der Waals surface area contributed by atoms with Crippen molar-refractivity contribution in [2.45, 2.75) is 20.4 Å². The fourth-order valence-electron chi connectivity index (χ4n) is 2.60. The predicted molar refractivity (Wildman–Crippen MR) is 92.8 cm³/mol. The first-order valence-electron chi connectivity index (χ1n) is 7.72. The van der Waals surface area contributed by atoms with E-state index < -0.39 is 0 Å². The molecule has 0 aliphatic rings. The van der Waals surface area contributed by atoms with Crippen LogP contribution in [0.5, 0.6) is 5.75 Å². The van der Waals surface area contributed by atoms with E-state index in [9.17, 15) is 9.90 Å². The van der Waals surface area contributed by atoms with Crippen LogP contribution in [0.15, 0.2) is 48.5 Å². The highest BCUT2D eigenvalue weighted by atomic mass is 16.3. The molecule has 1 aromatic heterocycles. The smallest absolute Gasteiger partial charge is 0.269 e. The number of H-pyrrole nitrogens is 1. The zero-order valence-electron chi connectivity index (χ0n) is 13.6. The molecule has 1 amide bonds. The van der Waals surface area contributed by atoms with Crippen molar-refractivity contribution < 1.29 is 9.90 Å². The second kappa shape index (κ2) is 6.58. The third-order valence-electron chi connectivity index (χ3n) is 3.84. The number of carbonyl (C=O) groups excluding carboxylic acids is 1. The molecular weight excluding hydrogens is 302 g/mol. The number of aryl methyl sites for hydroxylation is 2. The molecule has 3 aromatic rings. The highest BCUT2D eigenvalue weighted by Gasteiger charge is 2.14. The van der Waals surface area contributed by atoms with Gasteiger partial charge in [0.15, 0.2) is 0 Å². The van der Waals surface area contributed by atoms with E-state index in [0.29, 0.717) is 23.5 Å². The zero-order valence-corrected chi connectivity index (χ0v) is 13.6. The number of amides is 1. The third kappa shape index (κ3) is 3.30. The number of nitrogens with zero attached hydrogens (tertiary/aromatic N) is 1. The van der Waals surface area contributed by atoms with Gasteiger partial charge in [-0.15, -0.1) is 0 Å². The Morgan fingerprint density at radius 2 is 1.92 bits per heavy atom. The first-order chi connectivity index (χ1) is 11.5. The monoisotopic (exact) mass is 321 g/mol. The summed E-state index contributed by atoms with van der Waals surface area (Å²) in [7, 11) is 0. The average Bonchev–Trinajstić information content (AvgIpc) is 3.07. The molecule has 3 rings (SSSR count). The summed E-state index contributed by atoms with van der Waals surface area (Å²) in [4.78, 5) is 12.2. The fraction of sp³-hybridized carbons (Fsp3) is 0.158. The lowest BCUT2D eigenvalue weighted by molar-refractivity contribution is 0.0946. The predicted octanol–water partition coefficient (Wildman–Crippen LogP) is 3.33. The standard InChI is InChI=1S/C19H19N3O2/c1-12-8-13(2)18(23)15(9-12)16-10-17(22-21-16)19(24)20-11-14-6-4-3-5-7-14/h3-10,23H,11H2,1-2H3,(H,20,24)(H,21,22). The quantitative estimate of drug-likeness (QED) is 0.690. The van der Waals surface area contributed by atoms with E-state index in [1.807, 2.05) is 56.3 Å². The van der Waals surface area contributed by atoms with Crippen molar-refractivity contribution in [1.82, 2.24) is 15.5 Å². The number of nitrogens with one attached hydrogen (secondary N) is 2. The second-order valence-electron chi connectivity index (χ2n) is 5.81. The molecule has 0 fully saturated rings. The van der Waals surface area contributed by atoms with Gasteiger partial charge in [-0.2, -0.15) is 5.10 Å². The van der Waals surface area contributed by atoms with E-state index in [-0.39, 0.29) is 11.7 Å². The van der Waals surface area contributed by atoms with Crippen molar-refractivity contribution in [2.75, 3.05) is 0 Å². The number of phenols is 1. The molecular formula is C19H19N3O2. The van der Waals surface area contributed by atoms with Crippen LogP contribution in [0.2, 0.25) is 0 Å². The SMILES string of the molecule is Cc1cc(C)c(O)c(-c2cc(C(=O)NCc3ccccc3)[nH]n2)c1. The zero-order chi connectivity index (χ0) is 17.1. The number of aromatic nitrogens is 2. The lowest BCUT2D eigenvalue weighted by Gasteiger charge is -2.06. The van der Waals surface area contributed by atoms with E-state index in [0.717, 1.165) is 16.7 Å². The Kier molecular flexibility index (Phi) is 4.33. The first kappa shape index (κ1) is 15.8. The molecule has 122 valence electrons. The lowest BCUT2D eigenvalue weighted by atomic mass is 10.0. The highest BCUT2D eigenvalue weighted by Crippen LogP contribution is 2.32. The number of rotatable bonds is 4. The molecule has 0 spiro atoms. The number of aromatic amines is 1. The van der Waals surface area contributed by atoms with Crippen LogP contribution in [-0.2, 0) is 6.54 Å². The summed E-state index contributed by atoms with van der Waals surface area (Å²) < 4.78 is 0. The topological polar surface area (TPSA) is 78.0 Å². The van der Waals surface area contributed by atoms with E-state index in [1.165, 1.54) is 0 Å². The van der Waals surface area contributed by atoms with Crippen molar-refractivity contribution in [3.63, 3.8) is 0 Å². The van der Waals surface area contributed by atoms with Crippen LogP contribution >= 0.6 is 0 Å². The lowest BCUT2D eigenvalue weighted by Crippen LogP contribution is -2.23. The summed E-state index contributed by atoms with van der Waals surface area (Å²) >= 11 is 0. The van der Waals surface area contributed by atoms with Gasteiger partial charge >= 0.3 is 0 Å². The summed E-state index contributed by atoms with van der Waals surface area (Å²) in [5.41, 5.74) is 4.36. The van der Waals surface area contributed by atoms with Crippen LogP contribution in [0.25, 0.3) is 11.3 Å². The number of phenolic OH excluding ortho intramolecular Hbond substituents is 1. The molecule has 5 heteroatoms. The number of aromatic hydroxyl groups is 1. The van der Waals surface area contributed by atoms with Crippen LogP contribution < -0.4 is 5.32 Å². The third-order valence-corrected chi connectivity index (χ3v) is 3.84. The molecule has 0 aliphatic heterocycles. The maximum Gasteiger partial charge on any atom is 0.269 e. The normalized spacial score (nSPS) is 10.6. The Morgan fingerprint density at radius 1 is 1.17 bits per heavy atom. The van der Waals surface area contributed by atoms with Gasteiger partial charge in [0.1, 0.15) is 11.4 Å². The molecule has 3 N–H and O–H groups in total. The van der Waals surface area contributed by atoms with Gasteiger partial charge in [-0.05, 0) is 42.7 Å². The van der Waals surface area contributed by atoms with Crippen LogP contribution in [0.3, 0.4) is 0 Å². The molecule has 0 bridgehead atoms. The Hall–Kier alpha value is -3.08. The van der Waals surface area contributed by atoms with Gasteiger partial charge in [-0.25, -0.2) is 0 Å². The molecule has 0 saturated carbocycles. The van der Waals surface area contributed by atoms with E-state index in [1.54, 1.807) is 6.07 Å². The van der Waals surface area contributed by atoms with E-state index >= 15 is 0 Å². The van der Waals surface area contributed by atoms with E-state index in [2.05, 4.69) is 15.5 Å². The number of benzene rings is 2. The Morgan fingerprint density at radius 3 is 2.67 bits per heavy atom. The fourth-order valence-corrected chi connectivity index (χ4v) is 2.60. The summed E-state index contributed by atoms with van der Waals surface area (Å²) in [6.45, 7) is 4.24. The largest absolute Gasteiger partial charge is 0.507 e. The Bertz CT molecular complexity index is 870. The van der Waals surface area contributed by atoms with Crippen LogP contribution in [0, 0.1) is 13.8 Å². The molecule has 0 atom stereocenters. The number of carbonyl (C=O) groups is 1. The Balaban J connectivity index is 1.77. The minimum absolute atomic E-state index is 0.184. The van der Waals surface area contributed by atoms with Gasteiger partial charge in [0.2, 0.25) is 0 Å². The van der Waals surface area contributed by atoms with Crippen LogP contribution in [0.4, 0.5) is 0 Å². The molecule has 0 radical (unpaired) electrons. The van der Waals surface area contributed by atoms with Gasteiger partial charge in [-0.1, -0.05) is 36.4 Å². The number of hydrogen-bond acceptors (Lipinski definition) is 3. The molecule has 0 aliphatic carbocycles. The van der Waals surface area contributed by atoms with Crippen LogP contribution in [0.1, 0.15) is 27.2 Å². The van der Waals surface area contributed by atoms with Crippen molar-refractivity contribution in [2.24, 2.45) is 0 Å². The average molecular weight is 321 g/mol. The molecule has 5 nitrogen and oxygen atoms in total. The molecule has 24 heavy (non-hydrogen) atoms. The van der Waals surface area contributed by atoms with Gasteiger partial charge in [0.05, 0.1) is 5.69 Å². The first-order valence-corrected chi connectivity index (χ1v) is 7.72. The summed E-state index contributed by atoms with van der Waals surface area (Å²) in [5, 5.41) is 20.0. The van der Waals surface area contributed by atoms with Crippen molar-refractivity contribution in [3.8, 4) is 17.0 Å². The van der Waals surface area contributed by atoms with E-state index in [4.69, 9.17) is 0 Å².